The van der Waals surface area contributed by atoms with Crippen molar-refractivity contribution in [3.05, 3.63) is 29.3 Å². The number of hydrogen-bond donors (Lipinski definition) is 1. The second kappa shape index (κ2) is 5.67. The number of nitrogens with zero attached hydrogens (tertiary/aromatic N) is 2. The average molecular weight is 231 g/mol. The molecule has 4 nitrogen and oxygen atoms in total. The molecule has 0 bridgehead atoms. The molecule has 0 amide bonds. The standard InChI is InChI=1S/C13H17N3O/c14-10-11-1-2-13(15)12(9-11)3-4-16-5-7-17-8-6-16/h1-2,9H,3-8,15H2. The van der Waals surface area contributed by atoms with E-state index < -0.39 is 0 Å². The van der Waals surface area contributed by atoms with Crippen molar-refractivity contribution in [1.82, 2.24) is 4.90 Å². The van der Waals surface area contributed by atoms with Gasteiger partial charge < -0.3 is 10.5 Å². The van der Waals surface area contributed by atoms with Crippen LogP contribution in [-0.4, -0.2) is 37.7 Å². The smallest absolute Gasteiger partial charge is 0.0991 e. The number of rotatable bonds is 3. The quantitative estimate of drug-likeness (QED) is 0.789. The van der Waals surface area contributed by atoms with Gasteiger partial charge in [0.25, 0.3) is 0 Å². The largest absolute Gasteiger partial charge is 0.399 e. The Hall–Kier alpha value is -1.57. The highest BCUT2D eigenvalue weighted by Crippen LogP contribution is 2.15. The number of benzene rings is 1. The Balaban J connectivity index is 1.95. The van der Waals surface area contributed by atoms with Gasteiger partial charge in [0, 0.05) is 25.3 Å². The van der Waals surface area contributed by atoms with E-state index >= 15 is 0 Å². The summed E-state index contributed by atoms with van der Waals surface area (Å²) in [6.07, 6.45) is 0.890. The molecule has 2 N–H and O–H groups in total. The predicted molar refractivity (Wildman–Crippen MR) is 66.5 cm³/mol. The van der Waals surface area contributed by atoms with Gasteiger partial charge in [-0.25, -0.2) is 0 Å². The van der Waals surface area contributed by atoms with E-state index in [1.54, 1.807) is 6.07 Å². The van der Waals surface area contributed by atoms with E-state index in [4.69, 9.17) is 15.7 Å². The Labute approximate surface area is 102 Å². The maximum atomic E-state index is 8.85. The first-order chi connectivity index (χ1) is 8.29. The number of nitrogen functional groups attached to an aromatic ring is 1. The molecule has 0 unspecified atom stereocenters. The zero-order valence-electron chi connectivity index (χ0n) is 9.85. The van der Waals surface area contributed by atoms with Crippen LogP contribution in [-0.2, 0) is 11.2 Å². The van der Waals surface area contributed by atoms with Crippen LogP contribution < -0.4 is 5.73 Å². The summed E-state index contributed by atoms with van der Waals surface area (Å²) >= 11 is 0. The van der Waals surface area contributed by atoms with E-state index in [9.17, 15) is 0 Å². The maximum absolute atomic E-state index is 8.85. The van der Waals surface area contributed by atoms with Gasteiger partial charge in [-0.05, 0) is 30.2 Å². The predicted octanol–water partition coefficient (Wildman–Crippen LogP) is 1.02. The normalized spacial score (nSPS) is 16.6. The van der Waals surface area contributed by atoms with Crippen LogP contribution in [0.1, 0.15) is 11.1 Å². The molecule has 0 aromatic heterocycles. The fourth-order valence-corrected chi connectivity index (χ4v) is 2.00. The lowest BCUT2D eigenvalue weighted by molar-refractivity contribution is 0.0384. The number of morpholine rings is 1. The van der Waals surface area contributed by atoms with Crippen molar-refractivity contribution in [2.45, 2.75) is 6.42 Å². The third-order valence-electron chi connectivity index (χ3n) is 3.07. The first-order valence-corrected chi connectivity index (χ1v) is 5.88. The van der Waals surface area contributed by atoms with Gasteiger partial charge >= 0.3 is 0 Å². The average Bonchev–Trinajstić information content (AvgIpc) is 2.39. The Bertz CT molecular complexity index is 419. The van der Waals surface area contributed by atoms with E-state index in [2.05, 4.69) is 11.0 Å². The molecule has 0 radical (unpaired) electrons. The van der Waals surface area contributed by atoms with Gasteiger partial charge in [-0.15, -0.1) is 0 Å². The summed E-state index contributed by atoms with van der Waals surface area (Å²) in [7, 11) is 0. The highest BCUT2D eigenvalue weighted by molar-refractivity contribution is 5.51. The molecule has 90 valence electrons. The number of hydrogen-bond acceptors (Lipinski definition) is 4. The molecule has 0 aliphatic carbocycles. The van der Waals surface area contributed by atoms with Gasteiger partial charge in [0.1, 0.15) is 0 Å². The molecule has 1 aromatic carbocycles. The lowest BCUT2D eigenvalue weighted by Gasteiger charge is -2.26. The summed E-state index contributed by atoms with van der Waals surface area (Å²) in [6.45, 7) is 4.57. The first-order valence-electron chi connectivity index (χ1n) is 5.88. The van der Waals surface area contributed by atoms with Crippen molar-refractivity contribution in [3.8, 4) is 6.07 Å². The zero-order valence-corrected chi connectivity index (χ0v) is 9.85. The second-order valence-corrected chi connectivity index (χ2v) is 4.23. The lowest BCUT2D eigenvalue weighted by atomic mass is 10.1. The molecule has 4 heteroatoms. The van der Waals surface area contributed by atoms with Gasteiger partial charge in [0.05, 0.1) is 24.8 Å². The topological polar surface area (TPSA) is 62.3 Å². The van der Waals surface area contributed by atoms with Crippen LogP contribution in [0, 0.1) is 11.3 Å². The molecule has 1 aliphatic rings. The molecule has 1 aromatic rings. The van der Waals surface area contributed by atoms with Crippen molar-refractivity contribution in [1.29, 1.82) is 5.26 Å². The molecule has 1 heterocycles. The second-order valence-electron chi connectivity index (χ2n) is 4.23. The zero-order chi connectivity index (χ0) is 12.1. The van der Waals surface area contributed by atoms with E-state index in [1.807, 2.05) is 12.1 Å². The van der Waals surface area contributed by atoms with Gasteiger partial charge in [0.15, 0.2) is 0 Å². The minimum Gasteiger partial charge on any atom is -0.399 e. The summed E-state index contributed by atoms with van der Waals surface area (Å²) in [5.41, 5.74) is 8.42. The SMILES string of the molecule is N#Cc1ccc(N)c(CCN2CCOCC2)c1. The van der Waals surface area contributed by atoms with Crippen LogP contribution in [0.5, 0.6) is 0 Å². The van der Waals surface area contributed by atoms with Gasteiger partial charge in [-0.1, -0.05) is 0 Å². The highest BCUT2D eigenvalue weighted by atomic mass is 16.5. The van der Waals surface area contributed by atoms with Crippen molar-refractivity contribution in [3.63, 3.8) is 0 Å². The maximum Gasteiger partial charge on any atom is 0.0991 e. The van der Waals surface area contributed by atoms with Crippen LogP contribution in [0.2, 0.25) is 0 Å². The van der Waals surface area contributed by atoms with Crippen molar-refractivity contribution in [2.24, 2.45) is 0 Å². The van der Waals surface area contributed by atoms with Crippen molar-refractivity contribution in [2.75, 3.05) is 38.6 Å². The number of nitrogens with two attached hydrogens (primary N) is 1. The molecule has 1 saturated heterocycles. The molecule has 1 fully saturated rings. The fraction of sp³-hybridized carbons (Fsp3) is 0.462. The third kappa shape index (κ3) is 3.19. The lowest BCUT2D eigenvalue weighted by Crippen LogP contribution is -2.37. The summed E-state index contributed by atoms with van der Waals surface area (Å²) in [6, 6.07) is 7.60. The van der Waals surface area contributed by atoms with E-state index in [0.29, 0.717) is 5.56 Å². The minimum atomic E-state index is 0.677. The van der Waals surface area contributed by atoms with Gasteiger partial charge in [-0.2, -0.15) is 5.26 Å². The fourth-order valence-electron chi connectivity index (χ4n) is 2.00. The number of anilines is 1. The van der Waals surface area contributed by atoms with Crippen LogP contribution >= 0.6 is 0 Å². The summed E-state index contributed by atoms with van der Waals surface area (Å²) in [5.74, 6) is 0. The number of nitriles is 1. The molecular formula is C13H17N3O. The van der Waals surface area contributed by atoms with E-state index in [0.717, 1.165) is 50.5 Å². The van der Waals surface area contributed by atoms with E-state index in [1.165, 1.54) is 0 Å². The van der Waals surface area contributed by atoms with Gasteiger partial charge in [-0.3, -0.25) is 4.90 Å². The Morgan fingerprint density at radius 3 is 2.82 bits per heavy atom. The van der Waals surface area contributed by atoms with Crippen LogP contribution in [0.3, 0.4) is 0 Å². The Kier molecular flexibility index (Phi) is 3.97. The van der Waals surface area contributed by atoms with E-state index in [-0.39, 0.29) is 0 Å². The minimum absolute atomic E-state index is 0.677. The summed E-state index contributed by atoms with van der Waals surface area (Å²) in [5, 5.41) is 8.85. The van der Waals surface area contributed by atoms with Crippen molar-refractivity contribution < 1.29 is 4.74 Å². The first kappa shape index (κ1) is 11.9. The highest BCUT2D eigenvalue weighted by Gasteiger charge is 2.10. The van der Waals surface area contributed by atoms with Crippen LogP contribution in [0.25, 0.3) is 0 Å². The summed E-state index contributed by atoms with van der Waals surface area (Å²) < 4.78 is 5.30. The van der Waals surface area contributed by atoms with Crippen molar-refractivity contribution >= 4 is 5.69 Å². The molecule has 1 aliphatic heterocycles. The van der Waals surface area contributed by atoms with Crippen LogP contribution in [0.15, 0.2) is 18.2 Å². The van der Waals surface area contributed by atoms with Crippen LogP contribution in [0.4, 0.5) is 5.69 Å². The third-order valence-corrected chi connectivity index (χ3v) is 3.07. The molecule has 0 saturated carbocycles. The Morgan fingerprint density at radius 2 is 2.12 bits per heavy atom. The molecule has 17 heavy (non-hydrogen) atoms. The monoisotopic (exact) mass is 231 g/mol. The Morgan fingerprint density at radius 1 is 1.35 bits per heavy atom. The van der Waals surface area contributed by atoms with Gasteiger partial charge in [0.2, 0.25) is 0 Å². The molecule has 0 atom stereocenters. The molecule has 0 spiro atoms. The molecule has 2 rings (SSSR count). The molecular weight excluding hydrogens is 214 g/mol. The summed E-state index contributed by atoms with van der Waals surface area (Å²) in [4.78, 5) is 2.36. The number of ether oxygens (including phenoxy) is 1.